The Kier molecular flexibility index (Phi) is 4.08. The van der Waals surface area contributed by atoms with Crippen molar-refractivity contribution in [3.8, 4) is 5.75 Å². The lowest BCUT2D eigenvalue weighted by Gasteiger charge is -2.39. The summed E-state index contributed by atoms with van der Waals surface area (Å²) < 4.78 is 43.7. The van der Waals surface area contributed by atoms with Crippen LogP contribution in [0.1, 0.15) is 17.4 Å². The van der Waals surface area contributed by atoms with Crippen molar-refractivity contribution in [3.05, 3.63) is 36.2 Å². The number of amides is 1. The van der Waals surface area contributed by atoms with E-state index in [1.165, 1.54) is 13.1 Å². The molecule has 0 spiro atoms. The molecule has 2 aromatic rings. The fourth-order valence-corrected chi connectivity index (χ4v) is 2.88. The van der Waals surface area contributed by atoms with Crippen LogP contribution in [0.3, 0.4) is 0 Å². The Bertz CT molecular complexity index is 779. The number of halogens is 3. The molecule has 5 nitrogen and oxygen atoms in total. The second-order valence-electron chi connectivity index (χ2n) is 5.61. The van der Waals surface area contributed by atoms with Crippen molar-refractivity contribution in [1.82, 2.24) is 9.88 Å². The van der Waals surface area contributed by atoms with E-state index in [1.807, 2.05) is 0 Å². The quantitative estimate of drug-likeness (QED) is 0.867. The second-order valence-corrected chi connectivity index (χ2v) is 5.61. The molecule has 1 aliphatic rings. The highest BCUT2D eigenvalue weighted by molar-refractivity contribution is 6.01. The summed E-state index contributed by atoms with van der Waals surface area (Å²) in [5.74, 6) is -1.08. The van der Waals surface area contributed by atoms with Crippen LogP contribution >= 0.6 is 0 Å². The number of pyridine rings is 1. The molecule has 0 saturated carbocycles. The summed E-state index contributed by atoms with van der Waals surface area (Å²) >= 11 is 0. The van der Waals surface area contributed by atoms with E-state index < -0.39 is 24.2 Å². The first-order valence-electron chi connectivity index (χ1n) is 7.36. The third kappa shape index (κ3) is 2.77. The summed E-state index contributed by atoms with van der Waals surface area (Å²) in [7, 11) is 0. The molecule has 3 rings (SSSR count). The van der Waals surface area contributed by atoms with Gasteiger partial charge in [0.15, 0.2) is 17.5 Å². The fraction of sp³-hybridized carbons (Fsp3) is 0.375. The molecule has 1 aromatic carbocycles. The third-order valence-corrected chi connectivity index (χ3v) is 4.12. The lowest BCUT2D eigenvalue weighted by Crippen LogP contribution is -2.57. The van der Waals surface area contributed by atoms with Crippen molar-refractivity contribution in [2.24, 2.45) is 0 Å². The zero-order valence-corrected chi connectivity index (χ0v) is 12.7. The number of carbonyl (C=O) groups excluding carboxylic acids is 1. The molecule has 2 unspecified atom stereocenters. The number of ether oxygens (including phenoxy) is 1. The molecule has 24 heavy (non-hydrogen) atoms. The Morgan fingerprint density at radius 3 is 2.79 bits per heavy atom. The largest absolute Gasteiger partial charge is 0.505 e. The Labute approximate surface area is 135 Å². The highest BCUT2D eigenvalue weighted by Crippen LogP contribution is 2.32. The lowest BCUT2D eigenvalue weighted by molar-refractivity contribution is -0.247. The van der Waals surface area contributed by atoms with Gasteiger partial charge in [-0.1, -0.05) is 24.3 Å². The number of nitrogens with zero attached hydrogens (tertiary/aromatic N) is 2. The van der Waals surface area contributed by atoms with Gasteiger partial charge in [-0.3, -0.25) is 4.79 Å². The maximum absolute atomic E-state index is 13.0. The molecular formula is C16H15F3N2O3. The van der Waals surface area contributed by atoms with Crippen LogP contribution in [0, 0.1) is 0 Å². The maximum Gasteiger partial charge on any atom is 0.416 e. The van der Waals surface area contributed by atoms with Crippen LogP contribution in [0.4, 0.5) is 13.2 Å². The van der Waals surface area contributed by atoms with E-state index in [9.17, 15) is 23.1 Å². The van der Waals surface area contributed by atoms with Crippen LogP contribution in [0.25, 0.3) is 10.8 Å². The first-order chi connectivity index (χ1) is 11.3. The predicted molar refractivity (Wildman–Crippen MR) is 79.7 cm³/mol. The minimum atomic E-state index is -4.57. The van der Waals surface area contributed by atoms with E-state index >= 15 is 0 Å². The number of morpholine rings is 1. The molecule has 0 radical (unpaired) electrons. The number of rotatable bonds is 1. The molecule has 128 valence electrons. The normalized spacial score (nSPS) is 21.9. The van der Waals surface area contributed by atoms with E-state index in [0.717, 1.165) is 4.90 Å². The summed E-state index contributed by atoms with van der Waals surface area (Å²) in [5, 5.41) is 11.4. The van der Waals surface area contributed by atoms with Crippen LogP contribution in [0.15, 0.2) is 30.5 Å². The SMILES string of the molecule is CC1C(C(F)(F)F)OCCN1C(=O)c1ncc2ccccc2c1O. The first kappa shape index (κ1) is 16.5. The van der Waals surface area contributed by atoms with Gasteiger partial charge in [-0.25, -0.2) is 4.98 Å². The van der Waals surface area contributed by atoms with Crippen molar-refractivity contribution < 1.29 is 27.8 Å². The summed E-state index contributed by atoms with van der Waals surface area (Å²) in [6.07, 6.45) is -5.22. The molecule has 0 aliphatic carbocycles. The number of hydrogen-bond acceptors (Lipinski definition) is 4. The van der Waals surface area contributed by atoms with Gasteiger partial charge in [0.1, 0.15) is 0 Å². The molecule has 1 saturated heterocycles. The van der Waals surface area contributed by atoms with Crippen molar-refractivity contribution in [2.75, 3.05) is 13.2 Å². The fourth-order valence-electron chi connectivity index (χ4n) is 2.88. The number of benzene rings is 1. The van der Waals surface area contributed by atoms with E-state index in [4.69, 9.17) is 4.74 Å². The Hall–Kier alpha value is -2.35. The Morgan fingerprint density at radius 1 is 1.38 bits per heavy atom. The van der Waals surface area contributed by atoms with E-state index in [1.54, 1.807) is 24.3 Å². The number of carbonyl (C=O) groups is 1. The minimum Gasteiger partial charge on any atom is -0.505 e. The molecule has 2 atom stereocenters. The van der Waals surface area contributed by atoms with Crippen LogP contribution in [0.2, 0.25) is 0 Å². The summed E-state index contributed by atoms with van der Waals surface area (Å²) in [5.41, 5.74) is -0.261. The maximum atomic E-state index is 13.0. The molecule has 0 bridgehead atoms. The van der Waals surface area contributed by atoms with Gasteiger partial charge in [-0.15, -0.1) is 0 Å². The lowest BCUT2D eigenvalue weighted by atomic mass is 10.1. The number of alkyl halides is 3. The monoisotopic (exact) mass is 340 g/mol. The zero-order chi connectivity index (χ0) is 17.5. The standard InChI is InChI=1S/C16H15F3N2O3/c1-9-14(16(17,18)19)24-7-6-21(9)15(23)12-13(22)11-5-3-2-4-10(11)8-20-12/h2-5,8-9,14,22H,6-7H2,1H3. The number of fused-ring (bicyclic) bond motifs is 1. The zero-order valence-electron chi connectivity index (χ0n) is 12.7. The Morgan fingerprint density at radius 2 is 2.08 bits per heavy atom. The van der Waals surface area contributed by atoms with Gasteiger partial charge in [-0.2, -0.15) is 13.2 Å². The third-order valence-electron chi connectivity index (χ3n) is 4.12. The van der Waals surface area contributed by atoms with Crippen molar-refractivity contribution in [2.45, 2.75) is 25.2 Å². The van der Waals surface area contributed by atoms with Crippen LogP contribution in [0.5, 0.6) is 5.75 Å². The average Bonchev–Trinajstić information content (AvgIpc) is 2.54. The number of hydrogen-bond donors (Lipinski definition) is 1. The van der Waals surface area contributed by atoms with Gasteiger partial charge in [0.05, 0.1) is 12.6 Å². The molecular weight excluding hydrogens is 325 g/mol. The predicted octanol–water partition coefficient (Wildman–Crippen LogP) is 2.73. The van der Waals surface area contributed by atoms with Gasteiger partial charge in [0.25, 0.3) is 5.91 Å². The summed E-state index contributed by atoms with van der Waals surface area (Å²) in [6, 6.07) is 5.56. The van der Waals surface area contributed by atoms with Gasteiger partial charge in [0, 0.05) is 23.5 Å². The van der Waals surface area contributed by atoms with Crippen LogP contribution in [-0.2, 0) is 4.74 Å². The number of aromatic hydroxyl groups is 1. The summed E-state index contributed by atoms with van der Waals surface area (Å²) in [4.78, 5) is 17.6. The topological polar surface area (TPSA) is 62.7 Å². The molecule has 2 heterocycles. The van der Waals surface area contributed by atoms with Gasteiger partial charge in [0.2, 0.25) is 0 Å². The summed E-state index contributed by atoms with van der Waals surface area (Å²) in [6.45, 7) is 1.04. The van der Waals surface area contributed by atoms with E-state index in [-0.39, 0.29) is 24.6 Å². The Balaban J connectivity index is 1.95. The van der Waals surface area contributed by atoms with Gasteiger partial charge < -0.3 is 14.7 Å². The molecule has 1 fully saturated rings. The highest BCUT2D eigenvalue weighted by Gasteiger charge is 2.49. The number of aromatic nitrogens is 1. The highest BCUT2D eigenvalue weighted by atomic mass is 19.4. The molecule has 8 heteroatoms. The van der Waals surface area contributed by atoms with Gasteiger partial charge >= 0.3 is 6.18 Å². The average molecular weight is 340 g/mol. The molecule has 1 amide bonds. The van der Waals surface area contributed by atoms with Crippen LogP contribution in [-0.4, -0.2) is 52.4 Å². The minimum absolute atomic E-state index is 0.000523. The van der Waals surface area contributed by atoms with Crippen LogP contribution < -0.4 is 0 Å². The van der Waals surface area contributed by atoms with Crippen molar-refractivity contribution >= 4 is 16.7 Å². The molecule has 1 N–H and O–H groups in total. The first-order valence-corrected chi connectivity index (χ1v) is 7.36. The smallest absolute Gasteiger partial charge is 0.416 e. The van der Waals surface area contributed by atoms with Crippen molar-refractivity contribution in [3.63, 3.8) is 0 Å². The van der Waals surface area contributed by atoms with Crippen molar-refractivity contribution in [1.29, 1.82) is 0 Å². The van der Waals surface area contributed by atoms with Gasteiger partial charge in [-0.05, 0) is 6.92 Å². The molecule has 1 aromatic heterocycles. The second kappa shape index (κ2) is 5.94. The molecule has 1 aliphatic heterocycles. The van der Waals surface area contributed by atoms with E-state index in [2.05, 4.69) is 4.98 Å². The van der Waals surface area contributed by atoms with E-state index in [0.29, 0.717) is 10.8 Å².